The van der Waals surface area contributed by atoms with Crippen LogP contribution in [-0.2, 0) is 4.79 Å². The van der Waals surface area contributed by atoms with Crippen molar-refractivity contribution in [1.29, 1.82) is 0 Å². The molecular formula is C19H26N2O2. The van der Waals surface area contributed by atoms with Crippen LogP contribution in [0, 0.1) is 11.8 Å². The first kappa shape index (κ1) is 15.0. The summed E-state index contributed by atoms with van der Waals surface area (Å²) < 4.78 is 5.73. The van der Waals surface area contributed by atoms with E-state index in [-0.39, 0.29) is 11.9 Å². The highest BCUT2D eigenvalue weighted by Gasteiger charge is 2.38. The first-order valence-electron chi connectivity index (χ1n) is 9.08. The van der Waals surface area contributed by atoms with Crippen molar-refractivity contribution in [2.75, 3.05) is 11.9 Å². The number of ether oxygens (including phenoxy) is 1. The highest BCUT2D eigenvalue weighted by Crippen LogP contribution is 2.33. The van der Waals surface area contributed by atoms with E-state index in [1.165, 1.54) is 38.5 Å². The lowest BCUT2D eigenvalue weighted by molar-refractivity contribution is -0.117. The maximum Gasteiger partial charge on any atom is 0.241 e. The quantitative estimate of drug-likeness (QED) is 0.876. The third-order valence-corrected chi connectivity index (χ3v) is 5.48. The molecule has 124 valence electrons. The predicted octanol–water partition coefficient (Wildman–Crippen LogP) is 3.33. The Hall–Kier alpha value is -1.55. The number of nitrogens with one attached hydrogen (secondary N) is 2. The van der Waals surface area contributed by atoms with Crippen LogP contribution in [0.3, 0.4) is 0 Å². The van der Waals surface area contributed by atoms with E-state index in [0.29, 0.717) is 12.0 Å². The summed E-state index contributed by atoms with van der Waals surface area (Å²) >= 11 is 0. The van der Waals surface area contributed by atoms with Gasteiger partial charge in [-0.1, -0.05) is 12.8 Å². The molecule has 2 saturated carbocycles. The average molecular weight is 314 g/mol. The second-order valence-electron chi connectivity index (χ2n) is 7.37. The average Bonchev–Trinajstić information content (AvgIpc) is 3.30. The molecule has 4 nitrogen and oxygen atoms in total. The Bertz CT molecular complexity index is 539. The number of amides is 1. The summed E-state index contributed by atoms with van der Waals surface area (Å²) in [6.07, 6.45) is 8.69. The van der Waals surface area contributed by atoms with Gasteiger partial charge in [0.25, 0.3) is 0 Å². The molecule has 23 heavy (non-hydrogen) atoms. The molecule has 0 spiro atoms. The van der Waals surface area contributed by atoms with Gasteiger partial charge in [0.2, 0.25) is 5.91 Å². The Kier molecular flexibility index (Phi) is 4.25. The third-order valence-electron chi connectivity index (χ3n) is 5.48. The molecule has 3 unspecified atom stereocenters. The summed E-state index contributed by atoms with van der Waals surface area (Å²) in [4.78, 5) is 12.5. The summed E-state index contributed by atoms with van der Waals surface area (Å²) in [5.41, 5.74) is 0.852. The smallest absolute Gasteiger partial charge is 0.241 e. The standard InChI is InChI=1S/C19H26N2O2/c22-19(18-11-14-3-1-2-4-17(14)21-18)20-15-7-9-16(10-8-15)23-12-13-5-6-13/h7-10,13-14,17-18,21H,1-6,11-12H2,(H,20,22). The minimum absolute atomic E-state index is 0.0334. The van der Waals surface area contributed by atoms with Gasteiger partial charge in [-0.3, -0.25) is 4.79 Å². The molecule has 0 radical (unpaired) electrons. The van der Waals surface area contributed by atoms with Gasteiger partial charge in [0.05, 0.1) is 12.6 Å². The maximum absolute atomic E-state index is 12.5. The molecule has 2 N–H and O–H groups in total. The fourth-order valence-corrected chi connectivity index (χ4v) is 3.88. The van der Waals surface area contributed by atoms with Crippen LogP contribution in [-0.4, -0.2) is 24.6 Å². The van der Waals surface area contributed by atoms with Gasteiger partial charge in [-0.25, -0.2) is 0 Å². The van der Waals surface area contributed by atoms with Gasteiger partial charge in [0.1, 0.15) is 5.75 Å². The number of carbonyl (C=O) groups is 1. The van der Waals surface area contributed by atoms with Gasteiger partial charge in [0.15, 0.2) is 0 Å². The minimum atomic E-state index is -0.0334. The molecule has 1 aliphatic heterocycles. The van der Waals surface area contributed by atoms with Crippen LogP contribution in [0.1, 0.15) is 44.9 Å². The van der Waals surface area contributed by atoms with Gasteiger partial charge >= 0.3 is 0 Å². The van der Waals surface area contributed by atoms with Crippen molar-refractivity contribution in [1.82, 2.24) is 5.32 Å². The lowest BCUT2D eigenvalue weighted by Crippen LogP contribution is -2.39. The molecule has 1 heterocycles. The Morgan fingerprint density at radius 1 is 1.13 bits per heavy atom. The lowest BCUT2D eigenvalue weighted by atomic mass is 9.85. The van der Waals surface area contributed by atoms with Crippen LogP contribution in [0.5, 0.6) is 5.75 Å². The summed E-state index contributed by atoms with van der Waals surface area (Å²) in [5, 5.41) is 6.57. The van der Waals surface area contributed by atoms with Crippen molar-refractivity contribution >= 4 is 11.6 Å². The Labute approximate surface area is 138 Å². The zero-order valence-corrected chi connectivity index (χ0v) is 13.6. The molecule has 0 aromatic heterocycles. The molecule has 2 aliphatic carbocycles. The second-order valence-corrected chi connectivity index (χ2v) is 7.37. The zero-order chi connectivity index (χ0) is 15.6. The van der Waals surface area contributed by atoms with Crippen molar-refractivity contribution in [2.24, 2.45) is 11.8 Å². The highest BCUT2D eigenvalue weighted by molar-refractivity contribution is 5.95. The SMILES string of the molecule is O=C(Nc1ccc(OCC2CC2)cc1)C1CC2CCCCC2N1. The molecule has 4 rings (SSSR count). The highest BCUT2D eigenvalue weighted by atomic mass is 16.5. The summed E-state index contributed by atoms with van der Waals surface area (Å²) in [6.45, 7) is 0.820. The second kappa shape index (κ2) is 6.52. The van der Waals surface area contributed by atoms with Crippen LogP contribution in [0.15, 0.2) is 24.3 Å². The van der Waals surface area contributed by atoms with Gasteiger partial charge in [-0.15, -0.1) is 0 Å². The van der Waals surface area contributed by atoms with Crippen LogP contribution >= 0.6 is 0 Å². The molecule has 0 bridgehead atoms. The fourth-order valence-electron chi connectivity index (χ4n) is 3.88. The van der Waals surface area contributed by atoms with E-state index in [1.54, 1.807) is 0 Å². The summed E-state index contributed by atoms with van der Waals surface area (Å²) in [6, 6.07) is 8.27. The van der Waals surface area contributed by atoms with E-state index < -0.39 is 0 Å². The van der Waals surface area contributed by atoms with E-state index in [0.717, 1.165) is 30.4 Å². The molecule has 1 saturated heterocycles. The Balaban J connectivity index is 1.29. The molecule has 3 aliphatic rings. The van der Waals surface area contributed by atoms with Gasteiger partial charge in [-0.2, -0.15) is 0 Å². The Morgan fingerprint density at radius 2 is 1.91 bits per heavy atom. The van der Waals surface area contributed by atoms with Crippen LogP contribution in [0.2, 0.25) is 0 Å². The lowest BCUT2D eigenvalue weighted by Gasteiger charge is -2.24. The zero-order valence-electron chi connectivity index (χ0n) is 13.6. The van der Waals surface area contributed by atoms with Crippen molar-refractivity contribution in [3.63, 3.8) is 0 Å². The summed E-state index contributed by atoms with van der Waals surface area (Å²) in [7, 11) is 0. The van der Waals surface area contributed by atoms with E-state index >= 15 is 0 Å². The first-order chi connectivity index (χ1) is 11.3. The molecule has 1 aromatic rings. The van der Waals surface area contributed by atoms with Crippen LogP contribution in [0.4, 0.5) is 5.69 Å². The van der Waals surface area contributed by atoms with E-state index in [1.807, 2.05) is 24.3 Å². The van der Waals surface area contributed by atoms with Crippen LogP contribution in [0.25, 0.3) is 0 Å². The fraction of sp³-hybridized carbons (Fsp3) is 0.632. The molecular weight excluding hydrogens is 288 g/mol. The molecule has 1 amide bonds. The van der Waals surface area contributed by atoms with Gasteiger partial charge in [-0.05, 0) is 68.2 Å². The molecule has 3 atom stereocenters. The van der Waals surface area contributed by atoms with Crippen molar-refractivity contribution in [3.8, 4) is 5.75 Å². The number of anilines is 1. The number of carbonyl (C=O) groups excluding carboxylic acids is 1. The van der Waals surface area contributed by atoms with E-state index in [2.05, 4.69) is 10.6 Å². The van der Waals surface area contributed by atoms with Crippen LogP contribution < -0.4 is 15.4 Å². The Morgan fingerprint density at radius 3 is 2.65 bits per heavy atom. The van der Waals surface area contributed by atoms with E-state index in [9.17, 15) is 4.79 Å². The summed E-state index contributed by atoms with van der Waals surface area (Å²) in [5.74, 6) is 2.44. The number of hydrogen-bond donors (Lipinski definition) is 2. The van der Waals surface area contributed by atoms with Gasteiger partial charge in [0, 0.05) is 11.7 Å². The third kappa shape index (κ3) is 3.69. The predicted molar refractivity (Wildman–Crippen MR) is 90.6 cm³/mol. The minimum Gasteiger partial charge on any atom is -0.493 e. The first-order valence-corrected chi connectivity index (χ1v) is 9.08. The topological polar surface area (TPSA) is 50.4 Å². The van der Waals surface area contributed by atoms with Gasteiger partial charge < -0.3 is 15.4 Å². The number of fused-ring (bicyclic) bond motifs is 1. The van der Waals surface area contributed by atoms with Crippen molar-refractivity contribution in [3.05, 3.63) is 24.3 Å². The normalized spacial score (nSPS) is 29.8. The molecule has 1 aromatic carbocycles. The van der Waals surface area contributed by atoms with Crippen molar-refractivity contribution < 1.29 is 9.53 Å². The number of hydrogen-bond acceptors (Lipinski definition) is 3. The largest absolute Gasteiger partial charge is 0.493 e. The van der Waals surface area contributed by atoms with Crippen molar-refractivity contribution in [2.45, 2.75) is 57.0 Å². The monoisotopic (exact) mass is 314 g/mol. The number of benzene rings is 1. The van der Waals surface area contributed by atoms with E-state index in [4.69, 9.17) is 4.74 Å². The molecule has 4 heteroatoms. The number of rotatable bonds is 5. The maximum atomic E-state index is 12.5. The molecule has 3 fully saturated rings.